The first-order valence-electron chi connectivity index (χ1n) is 12.8. The minimum Gasteiger partial charge on any atom is -0.467 e. The quantitative estimate of drug-likeness (QED) is 0.290. The summed E-state index contributed by atoms with van der Waals surface area (Å²) < 4.78 is 42.3. The van der Waals surface area contributed by atoms with Crippen LogP contribution < -0.4 is 4.90 Å². The summed E-state index contributed by atoms with van der Waals surface area (Å²) in [5, 5.41) is 1.02. The van der Waals surface area contributed by atoms with Gasteiger partial charge in [-0.2, -0.15) is 8.42 Å². The lowest BCUT2D eigenvalue weighted by Crippen LogP contribution is -2.36. The average Bonchev–Trinajstić information content (AvgIpc) is 3.15. The van der Waals surface area contributed by atoms with Crippen LogP contribution in [0.25, 0.3) is 22.0 Å². The molecule has 0 saturated carbocycles. The number of benzene rings is 2. The Balaban J connectivity index is 2.05. The van der Waals surface area contributed by atoms with Crippen LogP contribution in [-0.4, -0.2) is 57.6 Å². The zero-order valence-electron chi connectivity index (χ0n) is 23.5. The molecule has 2 aromatic carbocycles. The first-order valence-corrected chi connectivity index (χ1v) is 14.6. The summed E-state index contributed by atoms with van der Waals surface area (Å²) in [6.07, 6.45) is 0.0946. The lowest BCUT2D eigenvalue weighted by Gasteiger charge is -2.36. The SMILES string of the molecule is COC(=O)[C@@H](OC(C)(C)C)c1c(C)c2c3c(cc(C)n3CCN2CCOS(C)(=O)=O)c1-c1ccc(C)cc1. The van der Waals surface area contributed by atoms with Crippen molar-refractivity contribution in [1.82, 2.24) is 4.57 Å². The van der Waals surface area contributed by atoms with Crippen LogP contribution >= 0.6 is 0 Å². The number of carbonyl (C=O) groups excluding carboxylic acids is 1. The van der Waals surface area contributed by atoms with Gasteiger partial charge in [-0.15, -0.1) is 0 Å². The molecule has 0 radical (unpaired) electrons. The molecule has 1 aromatic heterocycles. The molecule has 9 heteroatoms. The number of carbonyl (C=O) groups is 1. The van der Waals surface area contributed by atoms with Crippen molar-refractivity contribution in [3.05, 3.63) is 52.7 Å². The van der Waals surface area contributed by atoms with Crippen molar-refractivity contribution in [2.24, 2.45) is 0 Å². The zero-order valence-corrected chi connectivity index (χ0v) is 24.4. The number of esters is 1. The molecule has 1 aliphatic rings. The standard InChI is InChI=1S/C29H38N2O6S/c1-18-9-11-21(12-10-18)24-22-17-19(2)31-14-13-30(15-16-36-38(8,33)34)25(26(22)31)20(3)23(24)27(28(32)35-7)37-29(4,5)6/h9-12,17,27H,13-16H2,1-8H3/t27-/m0/s1. The minimum absolute atomic E-state index is 0.0351. The van der Waals surface area contributed by atoms with Crippen molar-refractivity contribution in [2.75, 3.05) is 38.0 Å². The summed E-state index contributed by atoms with van der Waals surface area (Å²) in [7, 11) is -2.18. The molecule has 0 spiro atoms. The normalized spacial score (nSPS) is 14.7. The molecule has 0 saturated heterocycles. The molecule has 0 unspecified atom stereocenters. The number of aryl methyl sites for hydroxylation is 2. The van der Waals surface area contributed by atoms with E-state index in [0.29, 0.717) is 13.1 Å². The van der Waals surface area contributed by atoms with Gasteiger partial charge in [-0.25, -0.2) is 4.79 Å². The first-order chi connectivity index (χ1) is 17.7. The van der Waals surface area contributed by atoms with E-state index in [1.807, 2.05) is 34.6 Å². The average molecular weight is 543 g/mol. The van der Waals surface area contributed by atoms with E-state index in [1.54, 1.807) is 0 Å². The van der Waals surface area contributed by atoms with E-state index >= 15 is 0 Å². The fourth-order valence-electron chi connectivity index (χ4n) is 5.34. The number of methoxy groups -OCH3 is 1. The highest BCUT2D eigenvalue weighted by Gasteiger charge is 2.36. The summed E-state index contributed by atoms with van der Waals surface area (Å²) in [6, 6.07) is 10.5. The summed E-state index contributed by atoms with van der Waals surface area (Å²) in [5.41, 5.74) is 7.23. The lowest BCUT2D eigenvalue weighted by molar-refractivity contribution is -0.164. The Kier molecular flexibility index (Phi) is 7.67. The van der Waals surface area contributed by atoms with Gasteiger partial charge in [0.15, 0.2) is 6.10 Å². The maximum atomic E-state index is 13.3. The van der Waals surface area contributed by atoms with Gasteiger partial charge in [0.05, 0.1) is 36.8 Å². The molecular formula is C29H38N2O6S. The monoisotopic (exact) mass is 542 g/mol. The highest BCUT2D eigenvalue weighted by atomic mass is 32.2. The first kappa shape index (κ1) is 28.1. The molecule has 1 atom stereocenters. The van der Waals surface area contributed by atoms with Crippen molar-refractivity contribution < 1.29 is 26.9 Å². The minimum atomic E-state index is -3.56. The number of ether oxygens (including phenoxy) is 2. The Morgan fingerprint density at radius 2 is 1.74 bits per heavy atom. The number of anilines is 1. The third-order valence-corrected chi connectivity index (χ3v) is 7.48. The van der Waals surface area contributed by atoms with Gasteiger partial charge < -0.3 is 18.9 Å². The summed E-state index contributed by atoms with van der Waals surface area (Å²) in [6.45, 7) is 13.8. The molecule has 1 aliphatic heterocycles. The third-order valence-electron chi connectivity index (χ3n) is 6.88. The topological polar surface area (TPSA) is 87.1 Å². The molecule has 8 nitrogen and oxygen atoms in total. The Bertz CT molecular complexity index is 1470. The van der Waals surface area contributed by atoms with E-state index in [2.05, 4.69) is 46.7 Å². The van der Waals surface area contributed by atoms with Gasteiger partial charge >= 0.3 is 5.97 Å². The van der Waals surface area contributed by atoms with E-state index in [1.165, 1.54) is 7.11 Å². The van der Waals surface area contributed by atoms with E-state index in [9.17, 15) is 13.2 Å². The van der Waals surface area contributed by atoms with Crippen molar-refractivity contribution in [1.29, 1.82) is 0 Å². The number of nitrogens with zero attached hydrogens (tertiary/aromatic N) is 2. The molecule has 0 bridgehead atoms. The van der Waals surface area contributed by atoms with Crippen molar-refractivity contribution >= 4 is 32.7 Å². The summed E-state index contributed by atoms with van der Waals surface area (Å²) in [5.74, 6) is -0.470. The molecule has 0 aliphatic carbocycles. The Morgan fingerprint density at radius 1 is 1.08 bits per heavy atom. The smallest absolute Gasteiger partial charge is 0.339 e. The predicted octanol–water partition coefficient (Wildman–Crippen LogP) is 5.06. The van der Waals surface area contributed by atoms with Gasteiger partial charge in [-0.1, -0.05) is 29.8 Å². The van der Waals surface area contributed by atoms with Crippen molar-refractivity contribution in [3.63, 3.8) is 0 Å². The fraction of sp³-hybridized carbons (Fsp3) is 0.483. The molecule has 0 amide bonds. The van der Waals surface area contributed by atoms with Crippen LogP contribution in [0.5, 0.6) is 0 Å². The van der Waals surface area contributed by atoms with Crippen LogP contribution in [0.1, 0.15) is 49.3 Å². The van der Waals surface area contributed by atoms with Gasteiger partial charge in [0.2, 0.25) is 0 Å². The molecule has 4 rings (SSSR count). The van der Waals surface area contributed by atoms with Gasteiger partial charge in [-0.3, -0.25) is 4.18 Å². The Morgan fingerprint density at radius 3 is 2.32 bits per heavy atom. The number of hydrogen-bond donors (Lipinski definition) is 0. The van der Waals surface area contributed by atoms with Crippen LogP contribution in [0.15, 0.2) is 30.3 Å². The maximum absolute atomic E-state index is 13.3. The second-order valence-corrected chi connectivity index (χ2v) is 12.6. The van der Waals surface area contributed by atoms with E-state index < -0.39 is 27.8 Å². The summed E-state index contributed by atoms with van der Waals surface area (Å²) in [4.78, 5) is 15.5. The molecule has 206 valence electrons. The van der Waals surface area contributed by atoms with Crippen molar-refractivity contribution in [3.8, 4) is 11.1 Å². The van der Waals surface area contributed by atoms with Crippen LogP contribution in [0.3, 0.4) is 0 Å². The Hall–Kier alpha value is -2.88. The molecule has 2 heterocycles. The van der Waals surface area contributed by atoms with Crippen LogP contribution in [0.2, 0.25) is 0 Å². The van der Waals surface area contributed by atoms with E-state index in [-0.39, 0.29) is 6.61 Å². The van der Waals surface area contributed by atoms with Crippen LogP contribution in [0.4, 0.5) is 5.69 Å². The highest BCUT2D eigenvalue weighted by molar-refractivity contribution is 7.85. The molecule has 38 heavy (non-hydrogen) atoms. The molecule has 0 N–H and O–H groups in total. The van der Waals surface area contributed by atoms with Gasteiger partial charge in [0.1, 0.15) is 0 Å². The zero-order chi connectivity index (χ0) is 28.0. The van der Waals surface area contributed by atoms with Gasteiger partial charge in [0.25, 0.3) is 10.1 Å². The van der Waals surface area contributed by atoms with Crippen LogP contribution in [-0.2, 0) is 35.1 Å². The van der Waals surface area contributed by atoms with Gasteiger partial charge in [-0.05, 0) is 64.3 Å². The number of hydrogen-bond acceptors (Lipinski definition) is 7. The number of aromatic nitrogens is 1. The Labute approximate surface area is 225 Å². The largest absolute Gasteiger partial charge is 0.467 e. The second-order valence-electron chi connectivity index (χ2n) is 11.0. The predicted molar refractivity (Wildman–Crippen MR) is 150 cm³/mol. The van der Waals surface area contributed by atoms with Gasteiger partial charge in [0, 0.05) is 36.3 Å². The van der Waals surface area contributed by atoms with E-state index in [0.717, 1.165) is 62.9 Å². The van der Waals surface area contributed by atoms with E-state index in [4.69, 9.17) is 13.7 Å². The van der Waals surface area contributed by atoms with Crippen molar-refractivity contribution in [2.45, 2.75) is 59.8 Å². The number of rotatable bonds is 8. The molecular weight excluding hydrogens is 504 g/mol. The summed E-state index contributed by atoms with van der Waals surface area (Å²) >= 11 is 0. The maximum Gasteiger partial charge on any atom is 0.339 e. The fourth-order valence-corrected chi connectivity index (χ4v) is 5.71. The third kappa shape index (κ3) is 5.60. The second kappa shape index (κ2) is 10.4. The molecule has 3 aromatic rings. The van der Waals surface area contributed by atoms with Crippen LogP contribution in [0, 0.1) is 20.8 Å². The highest BCUT2D eigenvalue weighted by Crippen LogP contribution is 2.48. The lowest BCUT2D eigenvalue weighted by atomic mass is 9.87. The molecule has 0 fully saturated rings.